The molecule has 0 aliphatic carbocycles. The molecule has 0 atom stereocenters. The van der Waals surface area contributed by atoms with Crippen LogP contribution in [0.5, 0.6) is 0 Å². The first-order chi connectivity index (χ1) is 27.8. The molecule has 1 aromatic rings. The van der Waals surface area contributed by atoms with Gasteiger partial charge in [-0.15, -0.1) is 0 Å². The minimum atomic E-state index is -0.441. The van der Waals surface area contributed by atoms with Crippen molar-refractivity contribution in [3.05, 3.63) is 20.4 Å². The molecule has 0 radical (unpaired) electrons. The Morgan fingerprint density at radius 2 is 1.00 bits per heavy atom. The largest absolute Gasteiger partial charge is 0.466 e. The van der Waals surface area contributed by atoms with Gasteiger partial charge in [0.25, 0.3) is 10.9 Å². The molecule has 2 N–H and O–H groups in total. The third kappa shape index (κ3) is 27.1. The molecule has 0 spiro atoms. The Kier molecular flexibility index (Phi) is 33.8. The standard InChI is InChI=1S/C48H89N3O6/c1-6-10-14-22-31-42(32-23-15-11-7-2)57-44(53)34-25-19-17-21-27-38-51(39-28-36-50-46-45(49-5)47(54)48(46)55)37-26-20-16-18-24-33-43(52)56-40-35-41(29-12-8-3)30-13-9-4/h41-42,49-50H,6-40H2,1-5H3. The van der Waals surface area contributed by atoms with E-state index < -0.39 is 10.9 Å². The second-order valence-electron chi connectivity index (χ2n) is 16.8. The van der Waals surface area contributed by atoms with Gasteiger partial charge in [0, 0.05) is 26.4 Å². The molecule has 0 aliphatic rings. The van der Waals surface area contributed by atoms with Gasteiger partial charge in [-0.25, -0.2) is 0 Å². The van der Waals surface area contributed by atoms with Gasteiger partial charge in [0.1, 0.15) is 17.5 Å². The van der Waals surface area contributed by atoms with Crippen LogP contribution in [0.1, 0.15) is 220 Å². The van der Waals surface area contributed by atoms with E-state index in [1.165, 1.54) is 77.0 Å². The Morgan fingerprint density at radius 3 is 1.54 bits per heavy atom. The van der Waals surface area contributed by atoms with Crippen LogP contribution in [0.3, 0.4) is 0 Å². The van der Waals surface area contributed by atoms with Gasteiger partial charge in [0.15, 0.2) is 0 Å². The monoisotopic (exact) mass is 804 g/mol. The van der Waals surface area contributed by atoms with Crippen molar-refractivity contribution >= 4 is 23.3 Å². The molecule has 332 valence electrons. The van der Waals surface area contributed by atoms with E-state index in [4.69, 9.17) is 9.47 Å². The molecule has 0 heterocycles. The van der Waals surface area contributed by atoms with E-state index in [1.807, 2.05) is 0 Å². The predicted octanol–water partition coefficient (Wildman–Crippen LogP) is 11.9. The van der Waals surface area contributed by atoms with Crippen LogP contribution in [0.25, 0.3) is 0 Å². The maximum atomic E-state index is 12.7. The lowest BCUT2D eigenvalue weighted by molar-refractivity contribution is -0.150. The Hall–Kier alpha value is -2.42. The minimum absolute atomic E-state index is 0.0136. The van der Waals surface area contributed by atoms with E-state index >= 15 is 0 Å². The first kappa shape index (κ1) is 52.6. The molecule has 0 unspecified atom stereocenters. The Balaban J connectivity index is 2.38. The highest BCUT2D eigenvalue weighted by atomic mass is 16.5. The van der Waals surface area contributed by atoms with Gasteiger partial charge in [-0.3, -0.25) is 19.2 Å². The molecule has 0 fully saturated rings. The van der Waals surface area contributed by atoms with Crippen molar-refractivity contribution in [1.29, 1.82) is 0 Å². The molecule has 9 nitrogen and oxygen atoms in total. The lowest BCUT2D eigenvalue weighted by Gasteiger charge is -2.23. The van der Waals surface area contributed by atoms with Crippen LogP contribution in [0.4, 0.5) is 11.4 Å². The van der Waals surface area contributed by atoms with E-state index in [-0.39, 0.29) is 18.0 Å². The van der Waals surface area contributed by atoms with Crippen LogP contribution in [0, 0.1) is 5.92 Å². The number of hydrogen-bond donors (Lipinski definition) is 2. The summed E-state index contributed by atoms with van der Waals surface area (Å²) in [5.74, 6) is 0.630. The number of carbonyl (C=O) groups excluding carboxylic acids is 2. The minimum Gasteiger partial charge on any atom is -0.466 e. The molecule has 9 heteroatoms. The average Bonchev–Trinajstić information content (AvgIpc) is 3.21. The molecule has 0 amide bonds. The zero-order valence-electron chi connectivity index (χ0n) is 37.8. The van der Waals surface area contributed by atoms with Gasteiger partial charge in [-0.1, -0.05) is 143 Å². The van der Waals surface area contributed by atoms with Gasteiger partial charge in [0.2, 0.25) is 0 Å². The summed E-state index contributed by atoms with van der Waals surface area (Å²) in [7, 11) is 1.67. The quantitative estimate of drug-likeness (QED) is 0.0379. The van der Waals surface area contributed by atoms with Crippen molar-refractivity contribution in [2.45, 2.75) is 226 Å². The van der Waals surface area contributed by atoms with Crippen LogP contribution < -0.4 is 21.5 Å². The van der Waals surface area contributed by atoms with E-state index in [1.54, 1.807) is 7.05 Å². The number of rotatable bonds is 42. The van der Waals surface area contributed by atoms with Crippen LogP contribution in [-0.2, 0) is 19.1 Å². The van der Waals surface area contributed by atoms with E-state index in [9.17, 15) is 19.2 Å². The molecule has 0 saturated carbocycles. The van der Waals surface area contributed by atoms with Gasteiger partial charge >= 0.3 is 11.9 Å². The molecule has 0 bridgehead atoms. The van der Waals surface area contributed by atoms with Crippen LogP contribution in [0.15, 0.2) is 9.59 Å². The number of anilines is 2. The lowest BCUT2D eigenvalue weighted by atomic mass is 9.93. The summed E-state index contributed by atoms with van der Waals surface area (Å²) in [5, 5.41) is 6.01. The maximum absolute atomic E-state index is 12.7. The topological polar surface area (TPSA) is 114 Å². The number of nitrogens with one attached hydrogen (secondary N) is 2. The van der Waals surface area contributed by atoms with Crippen LogP contribution >= 0.6 is 0 Å². The summed E-state index contributed by atoms with van der Waals surface area (Å²) < 4.78 is 11.6. The highest BCUT2D eigenvalue weighted by molar-refractivity contribution is 5.73. The van der Waals surface area contributed by atoms with E-state index in [0.717, 1.165) is 122 Å². The fourth-order valence-electron chi connectivity index (χ4n) is 7.86. The van der Waals surface area contributed by atoms with Gasteiger partial charge in [-0.2, -0.15) is 0 Å². The SMILES string of the molecule is CCCCCCC(CCCCCC)OC(=O)CCCCCCCN(CCCCCCCC(=O)OCCC(CCCC)CCCC)CCCNc1c(NC)c(=O)c1=O. The molecular formula is C48H89N3O6. The average molecular weight is 804 g/mol. The molecule has 0 saturated heterocycles. The van der Waals surface area contributed by atoms with Gasteiger partial charge < -0.3 is 25.0 Å². The summed E-state index contributed by atoms with van der Waals surface area (Å²) in [4.78, 5) is 51.3. The van der Waals surface area contributed by atoms with Crippen LogP contribution in [0.2, 0.25) is 0 Å². The van der Waals surface area contributed by atoms with E-state index in [2.05, 4.69) is 43.2 Å². The number of carbonyl (C=O) groups is 2. The summed E-state index contributed by atoms with van der Waals surface area (Å²) in [5.41, 5.74) is -0.0642. The van der Waals surface area contributed by atoms with Gasteiger partial charge in [0.05, 0.1) is 6.61 Å². The van der Waals surface area contributed by atoms with Crippen molar-refractivity contribution in [3.8, 4) is 0 Å². The van der Waals surface area contributed by atoms with Gasteiger partial charge in [-0.05, 0) is 89.8 Å². The Labute approximate surface area is 349 Å². The van der Waals surface area contributed by atoms with E-state index in [0.29, 0.717) is 43.3 Å². The zero-order valence-corrected chi connectivity index (χ0v) is 37.8. The summed E-state index contributed by atoms with van der Waals surface area (Å²) >= 11 is 0. The number of ether oxygens (including phenoxy) is 2. The van der Waals surface area contributed by atoms with Crippen LogP contribution in [-0.4, -0.2) is 62.8 Å². The normalized spacial score (nSPS) is 11.6. The fourth-order valence-corrected chi connectivity index (χ4v) is 7.86. The lowest BCUT2D eigenvalue weighted by Crippen LogP contribution is -2.37. The molecule has 1 rings (SSSR count). The predicted molar refractivity (Wildman–Crippen MR) is 241 cm³/mol. The molecular weight excluding hydrogens is 715 g/mol. The third-order valence-corrected chi connectivity index (χ3v) is 11.6. The van der Waals surface area contributed by atoms with Crippen molar-refractivity contribution in [1.82, 2.24) is 4.90 Å². The summed E-state index contributed by atoms with van der Waals surface area (Å²) in [6, 6.07) is 0. The maximum Gasteiger partial charge on any atom is 0.306 e. The second-order valence-corrected chi connectivity index (χ2v) is 16.8. The zero-order chi connectivity index (χ0) is 41.8. The smallest absolute Gasteiger partial charge is 0.306 e. The first-order valence-electron chi connectivity index (χ1n) is 24.1. The highest BCUT2D eigenvalue weighted by Crippen LogP contribution is 2.21. The molecule has 1 aromatic carbocycles. The number of unbranched alkanes of at least 4 members (excludes halogenated alkanes) is 16. The number of nitrogens with zero attached hydrogens (tertiary/aromatic N) is 1. The second kappa shape index (κ2) is 36.6. The van der Waals surface area contributed by atoms with Crippen molar-refractivity contribution < 1.29 is 19.1 Å². The first-order valence-corrected chi connectivity index (χ1v) is 24.1. The number of esters is 2. The molecule has 0 aromatic heterocycles. The van der Waals surface area contributed by atoms with Crippen molar-refractivity contribution in [2.24, 2.45) is 5.92 Å². The van der Waals surface area contributed by atoms with Crippen molar-refractivity contribution in [2.75, 3.05) is 50.5 Å². The Morgan fingerprint density at radius 1 is 0.526 bits per heavy atom. The summed E-state index contributed by atoms with van der Waals surface area (Å²) in [6.07, 6.45) is 32.9. The third-order valence-electron chi connectivity index (χ3n) is 11.6. The molecule has 57 heavy (non-hydrogen) atoms. The highest BCUT2D eigenvalue weighted by Gasteiger charge is 2.19. The number of hydrogen-bond acceptors (Lipinski definition) is 9. The summed E-state index contributed by atoms with van der Waals surface area (Å²) in [6.45, 7) is 13.2. The Bertz CT molecular complexity index is 1160. The molecule has 0 aliphatic heterocycles. The van der Waals surface area contributed by atoms with Crippen molar-refractivity contribution in [3.63, 3.8) is 0 Å². The fraction of sp³-hybridized carbons (Fsp3) is 0.875.